The zero-order valence-electron chi connectivity index (χ0n) is 10.5. The second-order valence-electron chi connectivity index (χ2n) is 3.91. The van der Waals surface area contributed by atoms with Gasteiger partial charge in [-0.15, -0.1) is 0 Å². The van der Waals surface area contributed by atoms with Gasteiger partial charge < -0.3 is 4.55 Å². The summed E-state index contributed by atoms with van der Waals surface area (Å²) in [7, 11) is -4.30. The number of benzene rings is 1. The summed E-state index contributed by atoms with van der Waals surface area (Å²) in [6.07, 6.45) is 5.68. The van der Waals surface area contributed by atoms with Crippen LogP contribution in [0.3, 0.4) is 0 Å². The molecule has 0 radical (unpaired) electrons. The third-order valence-electron chi connectivity index (χ3n) is 2.53. The zero-order valence-corrected chi connectivity index (χ0v) is 13.3. The molecule has 5 heteroatoms. The van der Waals surface area contributed by atoms with Crippen LogP contribution in [0.1, 0.15) is 38.2 Å². The Labute approximate surface area is 126 Å². The van der Waals surface area contributed by atoms with Crippen molar-refractivity contribution in [3.8, 4) is 0 Å². The van der Waals surface area contributed by atoms with Gasteiger partial charge in [-0.3, -0.25) is 0 Å². The van der Waals surface area contributed by atoms with Gasteiger partial charge in [-0.05, 0) is 30.5 Å². The predicted octanol–water partition coefficient (Wildman–Crippen LogP) is -0.282. The van der Waals surface area contributed by atoms with Gasteiger partial charge in [0.25, 0.3) is 0 Å². The van der Waals surface area contributed by atoms with Crippen molar-refractivity contribution < 1.29 is 42.5 Å². The largest absolute Gasteiger partial charge is 1.00 e. The van der Waals surface area contributed by atoms with Gasteiger partial charge in [0.05, 0.1) is 4.90 Å². The predicted molar refractivity (Wildman–Crippen MR) is 62.3 cm³/mol. The summed E-state index contributed by atoms with van der Waals surface area (Å²) < 4.78 is 32.1. The Morgan fingerprint density at radius 3 is 2.12 bits per heavy atom. The molecule has 17 heavy (non-hydrogen) atoms. The number of unbranched alkanes of at least 4 members (excludes halogenated alkanes) is 3. The molecule has 0 bridgehead atoms. The van der Waals surface area contributed by atoms with E-state index in [1.54, 1.807) is 12.1 Å². The van der Waals surface area contributed by atoms with Crippen LogP contribution in [-0.2, 0) is 16.5 Å². The van der Waals surface area contributed by atoms with Crippen LogP contribution >= 0.6 is 0 Å². The summed E-state index contributed by atoms with van der Waals surface area (Å²) in [6, 6.07) is 6.21. The summed E-state index contributed by atoms with van der Waals surface area (Å²) in [4.78, 5) is -0.148. The van der Waals surface area contributed by atoms with E-state index >= 15 is 0 Å². The van der Waals surface area contributed by atoms with E-state index in [0.717, 1.165) is 18.4 Å². The minimum absolute atomic E-state index is 0. The molecule has 1 aromatic rings. The molecule has 3 nitrogen and oxygen atoms in total. The molecule has 90 valence electrons. The van der Waals surface area contributed by atoms with E-state index in [1.165, 1.54) is 31.4 Å². The van der Waals surface area contributed by atoms with Crippen molar-refractivity contribution in [3.05, 3.63) is 29.8 Å². The van der Waals surface area contributed by atoms with Crippen LogP contribution in [0, 0.1) is 0 Å². The van der Waals surface area contributed by atoms with Crippen LogP contribution in [0.15, 0.2) is 29.2 Å². The van der Waals surface area contributed by atoms with Gasteiger partial charge in [0, 0.05) is 0 Å². The summed E-state index contributed by atoms with van der Waals surface area (Å²) in [6.45, 7) is 2.16. The minimum Gasteiger partial charge on any atom is -0.744 e. The summed E-state index contributed by atoms with van der Waals surface area (Å²) in [5.41, 5.74) is 1.09. The molecule has 0 atom stereocenters. The molecular formula is C12H17NaO3S. The number of hydrogen-bond acceptors (Lipinski definition) is 3. The van der Waals surface area contributed by atoms with Gasteiger partial charge in [-0.2, -0.15) is 0 Å². The van der Waals surface area contributed by atoms with E-state index in [0.29, 0.717) is 0 Å². The Kier molecular flexibility index (Phi) is 8.33. The smallest absolute Gasteiger partial charge is 0.744 e. The van der Waals surface area contributed by atoms with Crippen molar-refractivity contribution in [2.45, 2.75) is 43.9 Å². The van der Waals surface area contributed by atoms with Crippen molar-refractivity contribution in [2.24, 2.45) is 0 Å². The Morgan fingerprint density at radius 2 is 1.65 bits per heavy atom. The number of hydrogen-bond donors (Lipinski definition) is 0. The second kappa shape index (κ2) is 8.27. The molecule has 0 saturated carbocycles. The van der Waals surface area contributed by atoms with E-state index in [9.17, 15) is 13.0 Å². The maximum atomic E-state index is 10.7. The normalized spacial score (nSPS) is 10.9. The third kappa shape index (κ3) is 6.58. The van der Waals surface area contributed by atoms with Crippen LogP contribution in [0.25, 0.3) is 0 Å². The van der Waals surface area contributed by atoms with E-state index < -0.39 is 10.1 Å². The van der Waals surface area contributed by atoms with Gasteiger partial charge in [-0.25, -0.2) is 8.42 Å². The van der Waals surface area contributed by atoms with Crippen LogP contribution < -0.4 is 29.6 Å². The average Bonchev–Trinajstić information content (AvgIpc) is 2.24. The van der Waals surface area contributed by atoms with E-state index in [4.69, 9.17) is 0 Å². The van der Waals surface area contributed by atoms with Crippen LogP contribution in [-0.4, -0.2) is 13.0 Å². The van der Waals surface area contributed by atoms with Gasteiger partial charge in [0.2, 0.25) is 0 Å². The third-order valence-corrected chi connectivity index (χ3v) is 3.38. The van der Waals surface area contributed by atoms with Gasteiger partial charge in [0.1, 0.15) is 10.1 Å². The summed E-state index contributed by atoms with van der Waals surface area (Å²) >= 11 is 0. The Hall–Kier alpha value is 0.130. The van der Waals surface area contributed by atoms with Crippen LogP contribution in [0.5, 0.6) is 0 Å². The molecule has 0 unspecified atom stereocenters. The van der Waals surface area contributed by atoms with Crippen molar-refractivity contribution in [1.29, 1.82) is 0 Å². The van der Waals surface area contributed by atoms with Crippen molar-refractivity contribution in [3.63, 3.8) is 0 Å². The molecule has 1 aromatic carbocycles. The van der Waals surface area contributed by atoms with E-state index in [1.807, 2.05) is 0 Å². The first-order chi connectivity index (χ1) is 7.54. The fourth-order valence-corrected chi connectivity index (χ4v) is 2.05. The first-order valence-electron chi connectivity index (χ1n) is 5.59. The molecule has 0 fully saturated rings. The average molecular weight is 264 g/mol. The Morgan fingerprint density at radius 1 is 1.06 bits per heavy atom. The van der Waals surface area contributed by atoms with Crippen LogP contribution in [0.4, 0.5) is 0 Å². The standard InChI is InChI=1S/C12H18O3S.Na/c1-2-3-4-5-6-11-7-9-12(10-8-11)16(13,14)15;/h7-10H,2-6H2,1H3,(H,13,14,15);/q;+1/p-1. The molecule has 1 rings (SSSR count). The topological polar surface area (TPSA) is 57.2 Å². The fourth-order valence-electron chi connectivity index (χ4n) is 1.58. The molecule has 0 aromatic heterocycles. The molecule has 0 aliphatic heterocycles. The zero-order chi connectivity index (χ0) is 12.0. The van der Waals surface area contributed by atoms with Crippen molar-refractivity contribution in [1.82, 2.24) is 0 Å². The molecule has 0 heterocycles. The Bertz CT molecular complexity index is 412. The van der Waals surface area contributed by atoms with Gasteiger partial charge in [-0.1, -0.05) is 38.3 Å². The SMILES string of the molecule is CCCCCCc1ccc(S(=O)(=O)[O-])cc1.[Na+]. The Balaban J connectivity index is 0.00000256. The second-order valence-corrected chi connectivity index (χ2v) is 5.29. The first kappa shape index (κ1) is 17.1. The summed E-state index contributed by atoms with van der Waals surface area (Å²) in [5.74, 6) is 0. The van der Waals surface area contributed by atoms with Gasteiger partial charge >= 0.3 is 29.6 Å². The number of rotatable bonds is 6. The molecular weight excluding hydrogens is 247 g/mol. The first-order valence-corrected chi connectivity index (χ1v) is 6.99. The summed E-state index contributed by atoms with van der Waals surface area (Å²) in [5, 5.41) is 0. The maximum absolute atomic E-state index is 10.7. The van der Waals surface area contributed by atoms with E-state index in [-0.39, 0.29) is 34.5 Å². The number of aryl methyl sites for hydroxylation is 1. The maximum Gasteiger partial charge on any atom is 1.00 e. The molecule has 0 aliphatic rings. The molecule has 0 N–H and O–H groups in total. The van der Waals surface area contributed by atoms with Crippen molar-refractivity contribution >= 4 is 10.1 Å². The van der Waals surface area contributed by atoms with Crippen molar-refractivity contribution in [2.75, 3.05) is 0 Å². The monoisotopic (exact) mass is 264 g/mol. The van der Waals surface area contributed by atoms with E-state index in [2.05, 4.69) is 6.92 Å². The van der Waals surface area contributed by atoms with Gasteiger partial charge in [0.15, 0.2) is 0 Å². The molecule has 0 amide bonds. The molecule has 0 aliphatic carbocycles. The fraction of sp³-hybridized carbons (Fsp3) is 0.500. The quantitative estimate of drug-likeness (QED) is 0.403. The minimum atomic E-state index is -4.30. The molecule has 0 spiro atoms. The molecule has 0 saturated heterocycles. The van der Waals surface area contributed by atoms with Crippen LogP contribution in [0.2, 0.25) is 0 Å².